The van der Waals surface area contributed by atoms with Crippen LogP contribution in [0.2, 0.25) is 0 Å². The number of alkyl halides is 3. The summed E-state index contributed by atoms with van der Waals surface area (Å²) in [7, 11) is 1.87. The largest absolute Gasteiger partial charge is 0.435 e. The predicted octanol–water partition coefficient (Wildman–Crippen LogP) is 2.46. The highest BCUT2D eigenvalue weighted by Gasteiger charge is 2.39. The number of likely N-dealkylation sites (N-methyl/N-ethyl adjacent to an activating group) is 1. The van der Waals surface area contributed by atoms with E-state index in [9.17, 15) is 18.0 Å². The van der Waals surface area contributed by atoms with Crippen molar-refractivity contribution in [1.29, 1.82) is 0 Å². The fraction of sp³-hybridized carbons (Fsp3) is 0.550. The smallest absolute Gasteiger partial charge is 0.366 e. The van der Waals surface area contributed by atoms with Gasteiger partial charge in [0, 0.05) is 25.7 Å². The van der Waals surface area contributed by atoms with Crippen molar-refractivity contribution in [1.82, 2.24) is 20.2 Å². The maximum absolute atomic E-state index is 12.6. The number of nitrogens with one attached hydrogen (secondary N) is 2. The first-order chi connectivity index (χ1) is 15.2. The Morgan fingerprint density at radius 3 is 2.53 bits per heavy atom. The number of rotatable bonds is 4. The Bertz CT molecular complexity index is 1040. The number of aromatic nitrogens is 4. The van der Waals surface area contributed by atoms with Crippen LogP contribution >= 0.6 is 0 Å². The van der Waals surface area contributed by atoms with Crippen LogP contribution in [0.25, 0.3) is 0 Å². The number of nitrogens with zero attached hydrogens (tertiary/aromatic N) is 6. The minimum absolute atomic E-state index is 0.0736. The van der Waals surface area contributed by atoms with Crippen LogP contribution < -0.4 is 20.4 Å². The summed E-state index contributed by atoms with van der Waals surface area (Å²) in [5.74, 6) is 1.69. The average Bonchev–Trinajstić information content (AvgIpc) is 2.74. The van der Waals surface area contributed by atoms with Crippen LogP contribution in [0, 0.1) is 0 Å². The second-order valence-electron chi connectivity index (χ2n) is 8.50. The molecule has 12 heteroatoms. The predicted molar refractivity (Wildman–Crippen MR) is 112 cm³/mol. The standard InChI is InChI=1S/C20H23F3N8O/c1-10-18(32)31-7-3-4-13-16(31)17(30(10)2)27-19(26-13)25-12-8-11(9-12)24-15-6-5-14(28-29-15)20(21,22)23/h5-6,10-12H,3-4,7-9H2,1-2H3,(H,24,29)(H,25,26,27)/t10-,11-,12+/m0/s1. The van der Waals surface area contributed by atoms with Crippen LogP contribution in [0.15, 0.2) is 12.1 Å². The summed E-state index contributed by atoms with van der Waals surface area (Å²) in [6.45, 7) is 2.57. The van der Waals surface area contributed by atoms with Crippen molar-refractivity contribution in [3.05, 3.63) is 23.5 Å². The third-order valence-electron chi connectivity index (χ3n) is 6.32. The normalized spacial score (nSPS) is 24.7. The fourth-order valence-corrected chi connectivity index (χ4v) is 4.37. The molecule has 32 heavy (non-hydrogen) atoms. The number of hydrogen-bond acceptors (Lipinski definition) is 8. The summed E-state index contributed by atoms with van der Waals surface area (Å²) < 4.78 is 37.8. The van der Waals surface area contributed by atoms with E-state index >= 15 is 0 Å². The van der Waals surface area contributed by atoms with Crippen LogP contribution in [0.1, 0.15) is 37.6 Å². The molecule has 0 radical (unpaired) electrons. The summed E-state index contributed by atoms with van der Waals surface area (Å²) in [6, 6.07) is 2.14. The molecule has 2 aliphatic heterocycles. The Balaban J connectivity index is 1.24. The summed E-state index contributed by atoms with van der Waals surface area (Å²) >= 11 is 0. The van der Waals surface area contributed by atoms with Gasteiger partial charge in [0.2, 0.25) is 11.9 Å². The lowest BCUT2D eigenvalue weighted by Gasteiger charge is -2.42. The van der Waals surface area contributed by atoms with Crippen molar-refractivity contribution in [2.24, 2.45) is 0 Å². The fourth-order valence-electron chi connectivity index (χ4n) is 4.37. The first-order valence-electron chi connectivity index (χ1n) is 10.6. The molecule has 2 aromatic rings. The van der Waals surface area contributed by atoms with Gasteiger partial charge in [0.15, 0.2) is 11.5 Å². The lowest BCUT2D eigenvalue weighted by Crippen LogP contribution is -2.53. The van der Waals surface area contributed by atoms with E-state index in [2.05, 4.69) is 25.8 Å². The lowest BCUT2D eigenvalue weighted by atomic mass is 9.87. The molecular weight excluding hydrogens is 425 g/mol. The van der Waals surface area contributed by atoms with Crippen molar-refractivity contribution in [3.8, 4) is 0 Å². The van der Waals surface area contributed by atoms with Gasteiger partial charge in [-0.2, -0.15) is 18.2 Å². The van der Waals surface area contributed by atoms with E-state index in [-0.39, 0.29) is 24.0 Å². The van der Waals surface area contributed by atoms with E-state index in [1.807, 2.05) is 18.9 Å². The highest BCUT2D eigenvalue weighted by molar-refractivity contribution is 6.05. The van der Waals surface area contributed by atoms with Gasteiger partial charge >= 0.3 is 6.18 Å². The van der Waals surface area contributed by atoms with Gasteiger partial charge in [0.05, 0.1) is 5.69 Å². The van der Waals surface area contributed by atoms with Crippen molar-refractivity contribution in [2.75, 3.05) is 34.0 Å². The van der Waals surface area contributed by atoms with E-state index in [0.717, 1.165) is 48.9 Å². The number of halogens is 3. The number of hydrogen-bond donors (Lipinski definition) is 2. The molecule has 1 saturated carbocycles. The SMILES string of the molecule is C[C@H]1C(=O)N2CCCc3nc(N[C@H]4C[C@@H](Nc5ccc(C(F)(F)F)nn5)C4)nc(c32)N1C. The molecule has 3 aliphatic rings. The maximum Gasteiger partial charge on any atom is 0.435 e. The van der Waals surface area contributed by atoms with Gasteiger partial charge in [0.1, 0.15) is 17.5 Å². The molecule has 0 aromatic carbocycles. The minimum atomic E-state index is -4.50. The summed E-state index contributed by atoms with van der Waals surface area (Å²) in [5.41, 5.74) is 0.690. The molecule has 1 aliphatic carbocycles. The number of anilines is 4. The monoisotopic (exact) mass is 448 g/mol. The van der Waals surface area contributed by atoms with Crippen molar-refractivity contribution in [2.45, 2.75) is 56.9 Å². The average molecular weight is 448 g/mol. The van der Waals surface area contributed by atoms with Crippen LogP contribution in [-0.2, 0) is 17.4 Å². The number of carbonyl (C=O) groups excluding carboxylic acids is 1. The van der Waals surface area contributed by atoms with Crippen molar-refractivity contribution >= 4 is 29.2 Å². The van der Waals surface area contributed by atoms with E-state index in [1.54, 1.807) is 4.90 Å². The number of carbonyl (C=O) groups is 1. The van der Waals surface area contributed by atoms with Crippen LogP contribution in [0.4, 0.5) is 36.4 Å². The Kier molecular flexibility index (Phi) is 4.82. The first kappa shape index (κ1) is 20.7. The molecule has 0 bridgehead atoms. The summed E-state index contributed by atoms with van der Waals surface area (Å²) in [6.07, 6.45) is -1.34. The number of amides is 1. The zero-order valence-corrected chi connectivity index (χ0v) is 17.6. The van der Waals surface area contributed by atoms with Gasteiger partial charge in [-0.3, -0.25) is 4.79 Å². The van der Waals surface area contributed by atoms with Crippen LogP contribution in [0.3, 0.4) is 0 Å². The third kappa shape index (κ3) is 3.56. The topological polar surface area (TPSA) is 99.2 Å². The van der Waals surface area contributed by atoms with E-state index in [1.165, 1.54) is 6.07 Å². The molecule has 2 N–H and O–H groups in total. The number of aryl methyl sites for hydroxylation is 1. The second kappa shape index (κ2) is 7.45. The molecule has 1 amide bonds. The Labute approximate surface area is 182 Å². The molecule has 5 rings (SSSR count). The van der Waals surface area contributed by atoms with Gasteiger partial charge in [-0.15, -0.1) is 10.2 Å². The lowest BCUT2D eigenvalue weighted by molar-refractivity contribution is -0.141. The van der Waals surface area contributed by atoms with Crippen molar-refractivity contribution < 1.29 is 18.0 Å². The summed E-state index contributed by atoms with van der Waals surface area (Å²) in [5, 5.41) is 13.3. The first-order valence-corrected chi connectivity index (χ1v) is 10.6. The highest BCUT2D eigenvalue weighted by atomic mass is 19.4. The Morgan fingerprint density at radius 1 is 1.09 bits per heavy atom. The molecular formula is C20H23F3N8O. The third-order valence-corrected chi connectivity index (χ3v) is 6.32. The quantitative estimate of drug-likeness (QED) is 0.736. The van der Waals surface area contributed by atoms with Gasteiger partial charge in [-0.1, -0.05) is 0 Å². The van der Waals surface area contributed by atoms with Crippen LogP contribution in [0.5, 0.6) is 0 Å². The molecule has 1 atom stereocenters. The molecule has 170 valence electrons. The Morgan fingerprint density at radius 2 is 1.84 bits per heavy atom. The van der Waals surface area contributed by atoms with E-state index in [4.69, 9.17) is 4.98 Å². The van der Waals surface area contributed by atoms with Gasteiger partial charge in [0.25, 0.3) is 0 Å². The minimum Gasteiger partial charge on any atom is -0.366 e. The van der Waals surface area contributed by atoms with E-state index in [0.29, 0.717) is 18.3 Å². The summed E-state index contributed by atoms with van der Waals surface area (Å²) in [4.78, 5) is 25.7. The van der Waals surface area contributed by atoms with Gasteiger partial charge in [-0.25, -0.2) is 4.98 Å². The molecule has 2 aromatic heterocycles. The zero-order valence-electron chi connectivity index (χ0n) is 17.6. The molecule has 1 fully saturated rings. The van der Waals surface area contributed by atoms with Crippen LogP contribution in [-0.4, -0.2) is 57.8 Å². The molecule has 0 spiro atoms. The van der Waals surface area contributed by atoms with E-state index < -0.39 is 11.9 Å². The second-order valence-corrected chi connectivity index (χ2v) is 8.50. The maximum atomic E-state index is 12.6. The van der Waals surface area contributed by atoms with Crippen molar-refractivity contribution in [3.63, 3.8) is 0 Å². The van der Waals surface area contributed by atoms with Gasteiger partial charge in [-0.05, 0) is 44.7 Å². The Hall–Kier alpha value is -3.18. The molecule has 0 saturated heterocycles. The van der Waals surface area contributed by atoms with Gasteiger partial charge < -0.3 is 20.4 Å². The molecule has 4 heterocycles. The molecule has 0 unspecified atom stereocenters. The zero-order chi connectivity index (χ0) is 22.6. The highest BCUT2D eigenvalue weighted by Crippen LogP contribution is 2.40. The molecule has 9 nitrogen and oxygen atoms in total.